The van der Waals surface area contributed by atoms with E-state index in [0.29, 0.717) is 0 Å². The van der Waals surface area contributed by atoms with E-state index >= 15 is 0 Å². The Bertz CT molecular complexity index is 282. The lowest BCUT2D eigenvalue weighted by Gasteiger charge is -2.08. The van der Waals surface area contributed by atoms with Gasteiger partial charge >= 0.3 is 6.18 Å². The van der Waals surface area contributed by atoms with E-state index in [4.69, 9.17) is 0 Å². The van der Waals surface area contributed by atoms with Crippen molar-refractivity contribution in [3.05, 3.63) is 30.1 Å². The molecular weight excluding hydrogens is 188 g/mol. The highest BCUT2D eigenvalue weighted by molar-refractivity contribution is 5.22. The fourth-order valence-electron chi connectivity index (χ4n) is 0.672. The Morgan fingerprint density at radius 3 is 2.62 bits per heavy atom. The molecule has 5 heteroatoms. The van der Waals surface area contributed by atoms with E-state index in [1.54, 1.807) is 0 Å². The summed E-state index contributed by atoms with van der Waals surface area (Å²) < 4.78 is 51.6. The summed E-state index contributed by atoms with van der Waals surface area (Å²) >= 11 is 0. The Hall–Kier alpha value is -1.26. The van der Waals surface area contributed by atoms with Gasteiger partial charge in [-0.1, -0.05) is 12.1 Å². The highest BCUT2D eigenvalue weighted by Crippen LogP contribution is 2.20. The second kappa shape index (κ2) is 3.64. The normalized spacial score (nSPS) is 11.4. The number of rotatable bonds is 2. The average molecular weight is 193 g/mol. The van der Waals surface area contributed by atoms with Gasteiger partial charge in [0.2, 0.25) is 0 Å². The predicted octanol–water partition coefficient (Wildman–Crippen LogP) is 2.57. The molecule has 1 rings (SSSR count). The minimum Gasteiger partial charge on any atom is -0.481 e. The molecule has 0 fully saturated rings. The first-order chi connectivity index (χ1) is 5.99. The molecule has 0 aliphatic heterocycles. The minimum absolute atomic E-state index is 0.445. The highest BCUT2D eigenvalue weighted by Gasteiger charge is 2.28. The Labute approximate surface area is 71.9 Å². The summed E-state index contributed by atoms with van der Waals surface area (Å²) in [6.45, 7) is -1.50. The molecule has 1 nitrogen and oxygen atoms in total. The van der Waals surface area contributed by atoms with Crippen molar-refractivity contribution >= 4 is 0 Å². The lowest BCUT2D eigenvalue weighted by molar-refractivity contribution is -0.153. The van der Waals surface area contributed by atoms with Gasteiger partial charge < -0.3 is 4.74 Å². The number of ether oxygens (including phenoxy) is 1. The van der Waals surface area contributed by atoms with Crippen molar-refractivity contribution in [2.45, 2.75) is 6.18 Å². The van der Waals surface area contributed by atoms with Crippen molar-refractivity contribution in [1.29, 1.82) is 0 Å². The second-order valence-corrected chi connectivity index (χ2v) is 2.25. The van der Waals surface area contributed by atoms with Crippen molar-refractivity contribution in [3.63, 3.8) is 0 Å². The van der Waals surface area contributed by atoms with E-state index in [2.05, 4.69) is 10.8 Å². The fourth-order valence-corrected chi connectivity index (χ4v) is 0.672. The van der Waals surface area contributed by atoms with Gasteiger partial charge in [-0.2, -0.15) is 13.2 Å². The monoisotopic (exact) mass is 193 g/mol. The molecule has 13 heavy (non-hydrogen) atoms. The van der Waals surface area contributed by atoms with E-state index in [1.165, 1.54) is 12.1 Å². The van der Waals surface area contributed by atoms with Crippen LogP contribution in [-0.4, -0.2) is 12.8 Å². The average Bonchev–Trinajstić information content (AvgIpc) is 2.01. The molecule has 0 atom stereocenters. The molecule has 0 heterocycles. The lowest BCUT2D eigenvalue weighted by atomic mass is 10.3. The number of hydrogen-bond acceptors (Lipinski definition) is 1. The molecule has 0 aromatic heterocycles. The highest BCUT2D eigenvalue weighted by atomic mass is 19.4. The maximum Gasteiger partial charge on any atom is 0.422 e. The van der Waals surface area contributed by atoms with Crippen LogP contribution in [0, 0.1) is 11.9 Å². The predicted molar refractivity (Wildman–Crippen MR) is 36.8 cm³/mol. The maximum atomic E-state index is 12.6. The first-order valence-corrected chi connectivity index (χ1v) is 3.35. The SMILES string of the molecule is Fc1[c]cccc1OCC(F)(F)F. The Morgan fingerprint density at radius 1 is 1.38 bits per heavy atom. The molecule has 0 saturated carbocycles. The quantitative estimate of drug-likeness (QED) is 0.656. The zero-order chi connectivity index (χ0) is 9.90. The summed E-state index contributed by atoms with van der Waals surface area (Å²) in [5.41, 5.74) is 0. The van der Waals surface area contributed by atoms with Gasteiger partial charge in [-0.3, -0.25) is 0 Å². The molecule has 0 aliphatic carbocycles. The third-order valence-electron chi connectivity index (χ3n) is 1.16. The summed E-state index contributed by atoms with van der Waals surface area (Å²) in [6, 6.07) is 5.77. The summed E-state index contributed by atoms with van der Waals surface area (Å²) in [5.74, 6) is -1.37. The molecule has 0 saturated heterocycles. The first-order valence-electron chi connectivity index (χ1n) is 3.35. The van der Waals surface area contributed by atoms with Crippen molar-refractivity contribution in [3.8, 4) is 5.75 Å². The van der Waals surface area contributed by atoms with Gasteiger partial charge in [-0.05, 0) is 6.07 Å². The van der Waals surface area contributed by atoms with Gasteiger partial charge in [0.15, 0.2) is 18.2 Å². The van der Waals surface area contributed by atoms with Gasteiger partial charge in [0.05, 0.1) is 0 Å². The van der Waals surface area contributed by atoms with Crippen LogP contribution in [0.1, 0.15) is 0 Å². The van der Waals surface area contributed by atoms with E-state index in [0.717, 1.165) is 6.07 Å². The number of halogens is 4. The standard InChI is InChI=1S/C8H5F4O/c9-6-3-1-2-4-7(6)13-5-8(10,11)12/h1-2,4H,5H2. The molecule has 0 aliphatic rings. The van der Waals surface area contributed by atoms with Crippen LogP contribution in [0.4, 0.5) is 17.6 Å². The van der Waals surface area contributed by atoms with Crippen LogP contribution in [0.25, 0.3) is 0 Å². The first kappa shape index (κ1) is 9.83. The third-order valence-corrected chi connectivity index (χ3v) is 1.16. The van der Waals surface area contributed by atoms with Crippen molar-refractivity contribution < 1.29 is 22.3 Å². The Morgan fingerprint density at radius 2 is 2.08 bits per heavy atom. The van der Waals surface area contributed by atoms with Crippen LogP contribution in [-0.2, 0) is 0 Å². The summed E-state index contributed by atoms with van der Waals surface area (Å²) in [4.78, 5) is 0. The van der Waals surface area contributed by atoms with E-state index in [9.17, 15) is 17.6 Å². The van der Waals surface area contributed by atoms with Gasteiger partial charge in [-0.25, -0.2) is 4.39 Å². The third kappa shape index (κ3) is 3.31. The van der Waals surface area contributed by atoms with Gasteiger partial charge in [-0.15, -0.1) is 0 Å². The van der Waals surface area contributed by atoms with Gasteiger partial charge in [0.25, 0.3) is 0 Å². The Balaban J connectivity index is 2.60. The molecule has 71 valence electrons. The largest absolute Gasteiger partial charge is 0.481 e. The minimum atomic E-state index is -4.46. The van der Waals surface area contributed by atoms with Crippen molar-refractivity contribution in [2.24, 2.45) is 0 Å². The number of benzene rings is 1. The zero-order valence-corrected chi connectivity index (χ0v) is 6.36. The zero-order valence-electron chi connectivity index (χ0n) is 6.36. The van der Waals surface area contributed by atoms with Crippen LogP contribution < -0.4 is 4.74 Å². The molecule has 0 spiro atoms. The fraction of sp³-hybridized carbons (Fsp3) is 0.250. The molecule has 1 radical (unpaired) electrons. The second-order valence-electron chi connectivity index (χ2n) is 2.25. The lowest BCUT2D eigenvalue weighted by Crippen LogP contribution is -2.19. The topological polar surface area (TPSA) is 9.23 Å². The number of alkyl halides is 3. The van der Waals surface area contributed by atoms with Crippen LogP contribution in [0.3, 0.4) is 0 Å². The molecule has 0 bridgehead atoms. The molecule has 0 unspecified atom stereocenters. The smallest absolute Gasteiger partial charge is 0.422 e. The Kier molecular flexibility index (Phi) is 2.75. The van der Waals surface area contributed by atoms with Gasteiger partial charge in [0.1, 0.15) is 0 Å². The van der Waals surface area contributed by atoms with Crippen LogP contribution >= 0.6 is 0 Å². The molecule has 1 aromatic carbocycles. The van der Waals surface area contributed by atoms with Crippen LogP contribution in [0.15, 0.2) is 18.2 Å². The van der Waals surface area contributed by atoms with Crippen LogP contribution in [0.5, 0.6) is 5.75 Å². The van der Waals surface area contributed by atoms with E-state index < -0.39 is 24.3 Å². The van der Waals surface area contributed by atoms with E-state index in [-0.39, 0.29) is 0 Å². The molecular formula is C8H5F4O. The maximum absolute atomic E-state index is 12.6. The van der Waals surface area contributed by atoms with Gasteiger partial charge in [0, 0.05) is 6.07 Å². The molecule has 0 N–H and O–H groups in total. The van der Waals surface area contributed by atoms with E-state index in [1.807, 2.05) is 0 Å². The summed E-state index contributed by atoms with van der Waals surface area (Å²) in [5, 5.41) is 0. The van der Waals surface area contributed by atoms with Crippen molar-refractivity contribution in [2.75, 3.05) is 6.61 Å². The van der Waals surface area contributed by atoms with Crippen molar-refractivity contribution in [1.82, 2.24) is 0 Å². The summed E-state index contributed by atoms with van der Waals surface area (Å²) in [7, 11) is 0. The summed E-state index contributed by atoms with van der Waals surface area (Å²) in [6.07, 6.45) is -4.46. The molecule has 1 aromatic rings. The number of hydrogen-bond donors (Lipinski definition) is 0. The van der Waals surface area contributed by atoms with Crippen LogP contribution in [0.2, 0.25) is 0 Å². The molecule has 0 amide bonds.